The Balaban J connectivity index is 1.83. The van der Waals surface area contributed by atoms with Crippen LogP contribution in [0.1, 0.15) is 50.8 Å². The van der Waals surface area contributed by atoms with Crippen LogP contribution in [0.25, 0.3) is 6.08 Å². The van der Waals surface area contributed by atoms with E-state index in [1.165, 1.54) is 28.0 Å². The van der Waals surface area contributed by atoms with E-state index in [1.54, 1.807) is 25.1 Å². The largest absolute Gasteiger partial charge is 0.504 e. The summed E-state index contributed by atoms with van der Waals surface area (Å²) in [7, 11) is 0. The van der Waals surface area contributed by atoms with Crippen molar-refractivity contribution in [2.75, 3.05) is 19.8 Å². The zero-order chi connectivity index (χ0) is 27.9. The number of phenolic OH excluding ortho intramolecular Hbond substituents is 1. The molecule has 0 aliphatic carbocycles. The first-order valence-electron chi connectivity index (χ1n) is 12.9. The predicted octanol–water partition coefficient (Wildman–Crippen LogP) is 4.25. The quantitative estimate of drug-likeness (QED) is 0.219. The summed E-state index contributed by atoms with van der Waals surface area (Å²) in [6, 6.07) is 11.6. The molecule has 39 heavy (non-hydrogen) atoms. The molecule has 3 aromatic rings. The summed E-state index contributed by atoms with van der Waals surface area (Å²) in [6.45, 7) is 10.3. The topological polar surface area (TPSA) is 99.4 Å². The maximum atomic E-state index is 13.8. The number of unbranched alkanes of at least 4 members (excludes halogenated alkanes) is 1. The van der Waals surface area contributed by atoms with Crippen LogP contribution in [0.15, 0.2) is 76.2 Å². The number of phenols is 1. The van der Waals surface area contributed by atoms with Gasteiger partial charge in [0.05, 0.1) is 35.1 Å². The van der Waals surface area contributed by atoms with Crippen LogP contribution in [-0.4, -0.2) is 35.5 Å². The Morgan fingerprint density at radius 3 is 2.64 bits per heavy atom. The van der Waals surface area contributed by atoms with E-state index < -0.39 is 12.0 Å². The zero-order valence-electron chi connectivity index (χ0n) is 22.3. The number of thiazole rings is 1. The van der Waals surface area contributed by atoms with Crippen molar-refractivity contribution in [3.05, 3.63) is 97.2 Å². The number of ether oxygens (including phenoxy) is 3. The highest BCUT2D eigenvalue weighted by Crippen LogP contribution is 2.32. The molecule has 0 saturated carbocycles. The van der Waals surface area contributed by atoms with Crippen molar-refractivity contribution in [3.8, 4) is 17.2 Å². The fourth-order valence-electron chi connectivity index (χ4n) is 4.23. The fraction of sp³-hybridized carbons (Fsp3) is 0.300. The van der Waals surface area contributed by atoms with Gasteiger partial charge in [0.15, 0.2) is 16.3 Å². The summed E-state index contributed by atoms with van der Waals surface area (Å²) in [4.78, 5) is 32.0. The van der Waals surface area contributed by atoms with Gasteiger partial charge in [-0.1, -0.05) is 55.5 Å². The van der Waals surface area contributed by atoms with Gasteiger partial charge in [-0.15, -0.1) is 0 Å². The molecule has 1 aliphatic heterocycles. The fourth-order valence-corrected chi connectivity index (χ4v) is 5.28. The molecule has 2 heterocycles. The predicted molar refractivity (Wildman–Crippen MR) is 151 cm³/mol. The lowest BCUT2D eigenvalue weighted by molar-refractivity contribution is -0.138. The number of aromatic hydroxyl groups is 1. The zero-order valence-corrected chi connectivity index (χ0v) is 23.1. The Morgan fingerprint density at radius 1 is 1.18 bits per heavy atom. The highest BCUT2D eigenvalue weighted by molar-refractivity contribution is 7.07. The summed E-state index contributed by atoms with van der Waals surface area (Å²) in [5.74, 6) is 0.518. The third-order valence-corrected chi connectivity index (χ3v) is 7.10. The van der Waals surface area contributed by atoms with Crippen molar-refractivity contribution in [3.63, 3.8) is 0 Å². The minimum absolute atomic E-state index is 0.0240. The molecule has 1 unspecified atom stereocenters. The Labute approximate surface area is 230 Å². The second kappa shape index (κ2) is 12.6. The number of fused-ring (bicyclic) bond motifs is 1. The minimum atomic E-state index is -0.732. The standard InChI is InChI=1S/C30H32N2O6S/c1-5-8-16-37-22-12-10-21(11-13-22)27-26(29(35)38-15-6-2)19(4)31-30-32(27)28(34)25(39-30)18-20-9-14-23(33)24(17-20)36-7-3/h6,9-14,17-18,27,33H,2,5,7-8,15-16H2,1,3-4H3/b25-18-. The number of hydrogen-bond donors (Lipinski definition) is 1. The summed E-state index contributed by atoms with van der Waals surface area (Å²) >= 11 is 1.23. The SMILES string of the molecule is C=CCOC(=O)C1=C(C)N=c2s/c(=C\c3ccc(O)c(OCC)c3)c(=O)n2C1c1ccc(OCCCC)cc1. The molecule has 0 fully saturated rings. The van der Waals surface area contributed by atoms with E-state index in [4.69, 9.17) is 14.2 Å². The number of benzene rings is 2. The van der Waals surface area contributed by atoms with Crippen molar-refractivity contribution in [1.82, 2.24) is 4.57 Å². The van der Waals surface area contributed by atoms with Crippen LogP contribution in [0.3, 0.4) is 0 Å². The first kappa shape index (κ1) is 27.9. The van der Waals surface area contributed by atoms with Crippen molar-refractivity contribution in [2.45, 2.75) is 39.7 Å². The Bertz CT molecular complexity index is 1570. The number of carbonyl (C=O) groups excluding carboxylic acids is 1. The van der Waals surface area contributed by atoms with Crippen LogP contribution in [0.2, 0.25) is 0 Å². The van der Waals surface area contributed by atoms with Gasteiger partial charge < -0.3 is 19.3 Å². The molecule has 8 nitrogen and oxygen atoms in total. The molecule has 0 bridgehead atoms. The summed E-state index contributed by atoms with van der Waals surface area (Å²) < 4.78 is 18.6. The lowest BCUT2D eigenvalue weighted by Crippen LogP contribution is -2.39. The van der Waals surface area contributed by atoms with Gasteiger partial charge in [0.25, 0.3) is 5.56 Å². The molecule has 0 radical (unpaired) electrons. The lowest BCUT2D eigenvalue weighted by Gasteiger charge is -2.24. The van der Waals surface area contributed by atoms with Crippen molar-refractivity contribution in [1.29, 1.82) is 0 Å². The highest BCUT2D eigenvalue weighted by atomic mass is 32.1. The lowest BCUT2D eigenvalue weighted by atomic mass is 9.96. The normalized spacial score (nSPS) is 14.9. The van der Waals surface area contributed by atoms with Gasteiger partial charge in [-0.25, -0.2) is 9.79 Å². The highest BCUT2D eigenvalue weighted by Gasteiger charge is 2.33. The van der Waals surface area contributed by atoms with E-state index in [0.29, 0.717) is 50.9 Å². The van der Waals surface area contributed by atoms with E-state index >= 15 is 0 Å². The summed E-state index contributed by atoms with van der Waals surface area (Å²) in [5.41, 5.74) is 1.90. The number of allylic oxidation sites excluding steroid dienone is 1. The van der Waals surface area contributed by atoms with E-state index in [9.17, 15) is 14.7 Å². The van der Waals surface area contributed by atoms with E-state index in [-0.39, 0.29) is 17.9 Å². The number of esters is 1. The molecule has 0 spiro atoms. The monoisotopic (exact) mass is 548 g/mol. The van der Waals surface area contributed by atoms with Gasteiger partial charge in [-0.3, -0.25) is 9.36 Å². The molecule has 1 N–H and O–H groups in total. The van der Waals surface area contributed by atoms with Gasteiger partial charge in [-0.05, 0) is 61.7 Å². The minimum Gasteiger partial charge on any atom is -0.504 e. The summed E-state index contributed by atoms with van der Waals surface area (Å²) in [5, 5.41) is 10.1. The maximum Gasteiger partial charge on any atom is 0.338 e. The van der Waals surface area contributed by atoms with E-state index in [2.05, 4.69) is 18.5 Å². The molecule has 0 saturated heterocycles. The van der Waals surface area contributed by atoms with Crippen LogP contribution in [0, 0.1) is 0 Å². The van der Waals surface area contributed by atoms with Crippen LogP contribution in [-0.2, 0) is 9.53 Å². The average molecular weight is 549 g/mol. The third kappa shape index (κ3) is 6.15. The van der Waals surface area contributed by atoms with Crippen LogP contribution in [0.5, 0.6) is 17.2 Å². The van der Waals surface area contributed by atoms with Gasteiger partial charge in [0.1, 0.15) is 12.4 Å². The van der Waals surface area contributed by atoms with Crippen molar-refractivity contribution >= 4 is 23.4 Å². The molecular weight excluding hydrogens is 516 g/mol. The Hall–Kier alpha value is -4.11. The van der Waals surface area contributed by atoms with Crippen LogP contribution < -0.4 is 24.4 Å². The molecule has 1 aromatic heterocycles. The molecule has 1 aliphatic rings. The van der Waals surface area contributed by atoms with Gasteiger partial charge in [0, 0.05) is 0 Å². The van der Waals surface area contributed by atoms with Gasteiger partial charge >= 0.3 is 5.97 Å². The second-order valence-electron chi connectivity index (χ2n) is 8.90. The molecule has 0 amide bonds. The summed E-state index contributed by atoms with van der Waals surface area (Å²) in [6.07, 6.45) is 5.20. The van der Waals surface area contributed by atoms with Gasteiger partial charge in [-0.2, -0.15) is 0 Å². The molecule has 2 aromatic carbocycles. The molecule has 4 rings (SSSR count). The number of carbonyl (C=O) groups is 1. The molecule has 204 valence electrons. The molecular formula is C30H32N2O6S. The second-order valence-corrected chi connectivity index (χ2v) is 9.91. The maximum absolute atomic E-state index is 13.8. The van der Waals surface area contributed by atoms with E-state index in [0.717, 1.165) is 18.4 Å². The number of nitrogens with zero attached hydrogens (tertiary/aromatic N) is 2. The Morgan fingerprint density at radius 2 is 1.95 bits per heavy atom. The first-order chi connectivity index (χ1) is 18.9. The van der Waals surface area contributed by atoms with E-state index in [1.807, 2.05) is 31.2 Å². The number of aromatic nitrogens is 1. The Kier molecular flexibility index (Phi) is 9.03. The van der Waals surface area contributed by atoms with Crippen LogP contribution >= 0.6 is 11.3 Å². The number of hydrogen-bond acceptors (Lipinski definition) is 8. The smallest absolute Gasteiger partial charge is 0.338 e. The number of rotatable bonds is 11. The molecule has 9 heteroatoms. The first-order valence-corrected chi connectivity index (χ1v) is 13.7. The third-order valence-electron chi connectivity index (χ3n) is 6.12. The van der Waals surface area contributed by atoms with Crippen LogP contribution in [0.4, 0.5) is 0 Å². The van der Waals surface area contributed by atoms with Crippen molar-refractivity contribution in [2.24, 2.45) is 4.99 Å². The van der Waals surface area contributed by atoms with Crippen molar-refractivity contribution < 1.29 is 24.1 Å². The van der Waals surface area contributed by atoms with Gasteiger partial charge in [0.2, 0.25) is 0 Å². The molecule has 1 atom stereocenters. The average Bonchev–Trinajstić information content (AvgIpc) is 3.23.